The van der Waals surface area contributed by atoms with Crippen molar-refractivity contribution in [3.8, 4) is 5.75 Å². The fourth-order valence-electron chi connectivity index (χ4n) is 1.44. The van der Waals surface area contributed by atoms with Gasteiger partial charge in [-0.15, -0.1) is 0 Å². The summed E-state index contributed by atoms with van der Waals surface area (Å²) in [7, 11) is 0. The molecule has 1 aromatic carbocycles. The van der Waals surface area contributed by atoms with Gasteiger partial charge in [-0.1, -0.05) is 12.1 Å². The average molecular weight is 250 g/mol. The third-order valence-corrected chi connectivity index (χ3v) is 2.34. The first kappa shape index (κ1) is 14.2. The van der Waals surface area contributed by atoms with Gasteiger partial charge in [-0.2, -0.15) is 0 Å². The Hall–Kier alpha value is -1.84. The molecule has 0 heterocycles. The van der Waals surface area contributed by atoms with Gasteiger partial charge in [0.1, 0.15) is 5.75 Å². The minimum Gasteiger partial charge on any atom is -0.494 e. The van der Waals surface area contributed by atoms with Gasteiger partial charge in [0.25, 0.3) is 0 Å². The SMILES string of the molecule is CCOC(=O)CCCOc1cccc(C(C)=O)c1. The lowest BCUT2D eigenvalue weighted by Gasteiger charge is -2.06. The molecule has 0 radical (unpaired) electrons. The Bertz CT molecular complexity index is 412. The summed E-state index contributed by atoms with van der Waals surface area (Å²) in [5.41, 5.74) is 0.623. The van der Waals surface area contributed by atoms with Crippen LogP contribution in [-0.2, 0) is 9.53 Å². The number of carbonyl (C=O) groups excluding carboxylic acids is 2. The van der Waals surface area contributed by atoms with Crippen molar-refractivity contribution in [3.05, 3.63) is 29.8 Å². The third-order valence-electron chi connectivity index (χ3n) is 2.34. The summed E-state index contributed by atoms with van der Waals surface area (Å²) in [6, 6.07) is 7.01. The molecule has 4 nitrogen and oxygen atoms in total. The molecule has 0 N–H and O–H groups in total. The first-order chi connectivity index (χ1) is 8.63. The van der Waals surface area contributed by atoms with Crippen LogP contribution in [0.2, 0.25) is 0 Å². The molecule has 0 aromatic heterocycles. The molecule has 0 fully saturated rings. The highest BCUT2D eigenvalue weighted by atomic mass is 16.5. The predicted octanol–water partition coefficient (Wildman–Crippen LogP) is 2.61. The number of Topliss-reactive ketones (excluding diaryl/α,β-unsaturated/α-hetero) is 1. The molecular formula is C14H18O4. The molecular weight excluding hydrogens is 232 g/mol. The van der Waals surface area contributed by atoms with Crippen molar-refractivity contribution in [1.82, 2.24) is 0 Å². The smallest absolute Gasteiger partial charge is 0.305 e. The first-order valence-electron chi connectivity index (χ1n) is 6.03. The fourth-order valence-corrected chi connectivity index (χ4v) is 1.44. The van der Waals surface area contributed by atoms with Gasteiger partial charge in [0.2, 0.25) is 0 Å². The van der Waals surface area contributed by atoms with Crippen molar-refractivity contribution in [2.45, 2.75) is 26.7 Å². The quantitative estimate of drug-likeness (QED) is 0.424. The molecule has 0 saturated carbocycles. The lowest BCUT2D eigenvalue weighted by Crippen LogP contribution is -2.06. The van der Waals surface area contributed by atoms with Crippen LogP contribution in [0, 0.1) is 0 Å². The van der Waals surface area contributed by atoms with E-state index in [0.717, 1.165) is 0 Å². The van der Waals surface area contributed by atoms with Gasteiger partial charge < -0.3 is 9.47 Å². The maximum atomic E-state index is 11.2. The Balaban J connectivity index is 2.33. The van der Waals surface area contributed by atoms with Gasteiger partial charge in [0.05, 0.1) is 13.2 Å². The molecule has 0 bridgehead atoms. The van der Waals surface area contributed by atoms with E-state index in [-0.39, 0.29) is 11.8 Å². The van der Waals surface area contributed by atoms with E-state index in [1.165, 1.54) is 6.92 Å². The maximum absolute atomic E-state index is 11.2. The summed E-state index contributed by atoms with van der Waals surface area (Å²) < 4.78 is 10.3. The van der Waals surface area contributed by atoms with E-state index in [1.807, 2.05) is 0 Å². The van der Waals surface area contributed by atoms with Crippen molar-refractivity contribution in [3.63, 3.8) is 0 Å². The monoisotopic (exact) mass is 250 g/mol. The molecule has 0 amide bonds. The zero-order valence-corrected chi connectivity index (χ0v) is 10.8. The zero-order chi connectivity index (χ0) is 13.4. The number of carbonyl (C=O) groups is 2. The van der Waals surface area contributed by atoms with E-state index >= 15 is 0 Å². The molecule has 0 aliphatic carbocycles. The third kappa shape index (κ3) is 4.99. The topological polar surface area (TPSA) is 52.6 Å². The molecule has 0 spiro atoms. The number of benzene rings is 1. The Morgan fingerprint density at radius 3 is 2.72 bits per heavy atom. The number of ketones is 1. The molecule has 4 heteroatoms. The second-order valence-corrected chi connectivity index (χ2v) is 3.84. The summed E-state index contributed by atoms with van der Waals surface area (Å²) in [6.45, 7) is 4.13. The molecule has 0 aliphatic rings. The minimum absolute atomic E-state index is 0.00646. The highest BCUT2D eigenvalue weighted by Crippen LogP contribution is 2.14. The molecule has 1 rings (SSSR count). The normalized spacial score (nSPS) is 9.89. The molecule has 0 unspecified atom stereocenters. The van der Waals surface area contributed by atoms with E-state index in [9.17, 15) is 9.59 Å². The summed E-state index contributed by atoms with van der Waals surface area (Å²) in [6.07, 6.45) is 0.948. The van der Waals surface area contributed by atoms with Gasteiger partial charge in [-0.25, -0.2) is 0 Å². The average Bonchev–Trinajstić information content (AvgIpc) is 2.35. The highest BCUT2D eigenvalue weighted by Gasteiger charge is 2.03. The van der Waals surface area contributed by atoms with Crippen LogP contribution in [0.1, 0.15) is 37.0 Å². The number of ether oxygens (including phenoxy) is 2. The number of hydrogen-bond donors (Lipinski definition) is 0. The number of rotatable bonds is 7. The van der Waals surface area contributed by atoms with E-state index < -0.39 is 0 Å². The summed E-state index contributed by atoms with van der Waals surface area (Å²) in [4.78, 5) is 22.2. The Kier molecular flexibility index (Phi) is 5.91. The molecule has 0 atom stereocenters. The van der Waals surface area contributed by atoms with Crippen LogP contribution in [0.5, 0.6) is 5.75 Å². The molecule has 18 heavy (non-hydrogen) atoms. The van der Waals surface area contributed by atoms with Crippen LogP contribution < -0.4 is 4.74 Å². The van der Waals surface area contributed by atoms with E-state index in [0.29, 0.717) is 37.4 Å². The van der Waals surface area contributed by atoms with Crippen molar-refractivity contribution < 1.29 is 19.1 Å². The van der Waals surface area contributed by atoms with Gasteiger partial charge >= 0.3 is 5.97 Å². The van der Waals surface area contributed by atoms with Crippen LogP contribution in [0.15, 0.2) is 24.3 Å². The summed E-state index contributed by atoms with van der Waals surface area (Å²) in [5, 5.41) is 0. The summed E-state index contributed by atoms with van der Waals surface area (Å²) >= 11 is 0. The first-order valence-corrected chi connectivity index (χ1v) is 6.03. The van der Waals surface area contributed by atoms with Gasteiger partial charge in [-0.05, 0) is 32.4 Å². The van der Waals surface area contributed by atoms with E-state index in [2.05, 4.69) is 0 Å². The predicted molar refractivity (Wildman–Crippen MR) is 67.8 cm³/mol. The zero-order valence-electron chi connectivity index (χ0n) is 10.8. The Morgan fingerprint density at radius 2 is 2.06 bits per heavy atom. The van der Waals surface area contributed by atoms with Crippen molar-refractivity contribution in [2.75, 3.05) is 13.2 Å². The van der Waals surface area contributed by atoms with Gasteiger partial charge in [0.15, 0.2) is 5.78 Å². The van der Waals surface area contributed by atoms with Crippen LogP contribution in [0.4, 0.5) is 0 Å². The molecule has 0 saturated heterocycles. The standard InChI is InChI=1S/C14H18O4/c1-3-17-14(16)8-5-9-18-13-7-4-6-12(10-13)11(2)15/h4,6-7,10H,3,5,8-9H2,1-2H3. The largest absolute Gasteiger partial charge is 0.494 e. The number of hydrogen-bond acceptors (Lipinski definition) is 4. The Labute approximate surface area is 107 Å². The van der Waals surface area contributed by atoms with E-state index in [1.54, 1.807) is 31.2 Å². The number of esters is 1. The summed E-state index contributed by atoms with van der Waals surface area (Å²) in [5.74, 6) is 0.442. The molecule has 0 aliphatic heterocycles. The van der Waals surface area contributed by atoms with Crippen molar-refractivity contribution in [1.29, 1.82) is 0 Å². The van der Waals surface area contributed by atoms with Crippen LogP contribution >= 0.6 is 0 Å². The molecule has 1 aromatic rings. The lowest BCUT2D eigenvalue weighted by atomic mass is 10.1. The van der Waals surface area contributed by atoms with Crippen molar-refractivity contribution >= 4 is 11.8 Å². The lowest BCUT2D eigenvalue weighted by molar-refractivity contribution is -0.143. The highest BCUT2D eigenvalue weighted by molar-refractivity contribution is 5.94. The van der Waals surface area contributed by atoms with Crippen LogP contribution in [0.25, 0.3) is 0 Å². The van der Waals surface area contributed by atoms with Crippen molar-refractivity contribution in [2.24, 2.45) is 0 Å². The second-order valence-electron chi connectivity index (χ2n) is 3.84. The minimum atomic E-state index is -0.210. The van der Waals surface area contributed by atoms with Gasteiger partial charge in [0, 0.05) is 12.0 Å². The fraction of sp³-hybridized carbons (Fsp3) is 0.429. The second kappa shape index (κ2) is 7.48. The van der Waals surface area contributed by atoms with Crippen LogP contribution in [-0.4, -0.2) is 25.0 Å². The van der Waals surface area contributed by atoms with Gasteiger partial charge in [-0.3, -0.25) is 9.59 Å². The maximum Gasteiger partial charge on any atom is 0.305 e. The van der Waals surface area contributed by atoms with Crippen LogP contribution in [0.3, 0.4) is 0 Å². The molecule has 98 valence electrons. The van der Waals surface area contributed by atoms with E-state index in [4.69, 9.17) is 9.47 Å². The Morgan fingerprint density at radius 1 is 1.28 bits per heavy atom.